The minimum absolute atomic E-state index is 0.204. The fraction of sp³-hybridized carbons (Fsp3) is 0.500. The second-order valence-electron chi connectivity index (χ2n) is 5.58. The van der Waals surface area contributed by atoms with Crippen LogP contribution in [0.4, 0.5) is 10.5 Å². The number of aliphatic hydroxyl groups excluding tert-OH is 1. The van der Waals surface area contributed by atoms with Crippen LogP contribution in [0.2, 0.25) is 0 Å². The highest BCUT2D eigenvalue weighted by atomic mass is 16.5. The van der Waals surface area contributed by atoms with Crippen LogP contribution >= 0.6 is 0 Å². The van der Waals surface area contributed by atoms with Crippen molar-refractivity contribution in [2.45, 2.75) is 44.8 Å². The zero-order valence-corrected chi connectivity index (χ0v) is 12.9. The van der Waals surface area contributed by atoms with E-state index in [0.29, 0.717) is 11.3 Å². The summed E-state index contributed by atoms with van der Waals surface area (Å²) in [5.41, 5.74) is 1.78. The Morgan fingerprint density at radius 3 is 2.64 bits per heavy atom. The molecule has 22 heavy (non-hydrogen) atoms. The van der Waals surface area contributed by atoms with Crippen LogP contribution in [0.25, 0.3) is 0 Å². The third-order valence-electron chi connectivity index (χ3n) is 3.94. The lowest BCUT2D eigenvalue weighted by atomic mass is 9.93. The first-order chi connectivity index (χ1) is 10.5. The van der Waals surface area contributed by atoms with Gasteiger partial charge in [0, 0.05) is 5.69 Å². The van der Waals surface area contributed by atoms with Crippen LogP contribution in [-0.2, 0) is 4.74 Å². The highest BCUT2D eigenvalue weighted by Crippen LogP contribution is 2.19. The van der Waals surface area contributed by atoms with Gasteiger partial charge in [0.1, 0.15) is 0 Å². The number of urea groups is 1. The van der Waals surface area contributed by atoms with E-state index in [-0.39, 0.29) is 12.1 Å². The molecule has 0 aliphatic heterocycles. The Balaban J connectivity index is 1.96. The van der Waals surface area contributed by atoms with E-state index in [0.717, 1.165) is 31.2 Å². The Bertz CT molecular complexity index is 559. The van der Waals surface area contributed by atoms with Crippen molar-refractivity contribution in [2.24, 2.45) is 0 Å². The number of aryl methyl sites for hydroxylation is 1. The number of ether oxygens (including phenoxy) is 1. The van der Waals surface area contributed by atoms with Gasteiger partial charge in [-0.25, -0.2) is 9.59 Å². The number of carbonyl (C=O) groups is 2. The molecule has 0 unspecified atom stereocenters. The van der Waals surface area contributed by atoms with E-state index in [1.807, 2.05) is 0 Å². The number of rotatable bonds is 3. The van der Waals surface area contributed by atoms with Crippen molar-refractivity contribution in [3.63, 3.8) is 0 Å². The largest absolute Gasteiger partial charge is 0.465 e. The van der Waals surface area contributed by atoms with Gasteiger partial charge in [0.05, 0.1) is 24.8 Å². The van der Waals surface area contributed by atoms with Gasteiger partial charge in [-0.15, -0.1) is 0 Å². The molecule has 1 aromatic rings. The summed E-state index contributed by atoms with van der Waals surface area (Å²) in [7, 11) is 1.33. The quantitative estimate of drug-likeness (QED) is 0.747. The molecule has 2 amide bonds. The first kappa shape index (κ1) is 16.3. The summed E-state index contributed by atoms with van der Waals surface area (Å²) < 4.78 is 4.68. The number of hydrogen-bond acceptors (Lipinski definition) is 4. The number of hydrogen-bond donors (Lipinski definition) is 3. The number of benzene rings is 1. The van der Waals surface area contributed by atoms with Crippen LogP contribution in [0.5, 0.6) is 0 Å². The maximum Gasteiger partial charge on any atom is 0.338 e. The van der Waals surface area contributed by atoms with E-state index in [2.05, 4.69) is 15.4 Å². The average molecular weight is 306 g/mol. The normalized spacial score (nSPS) is 21.0. The van der Waals surface area contributed by atoms with E-state index in [1.54, 1.807) is 25.1 Å². The first-order valence-corrected chi connectivity index (χ1v) is 7.46. The Hall–Kier alpha value is -2.08. The molecule has 0 bridgehead atoms. The lowest BCUT2D eigenvalue weighted by molar-refractivity contribution is 0.0600. The molecule has 1 saturated carbocycles. The molecule has 2 rings (SSSR count). The Labute approximate surface area is 129 Å². The number of nitrogens with one attached hydrogen (secondary N) is 2. The monoisotopic (exact) mass is 306 g/mol. The van der Waals surface area contributed by atoms with Crippen LogP contribution in [0, 0.1) is 6.92 Å². The molecule has 0 spiro atoms. The van der Waals surface area contributed by atoms with Crippen LogP contribution < -0.4 is 10.6 Å². The minimum atomic E-state index is -0.483. The Morgan fingerprint density at radius 2 is 2.00 bits per heavy atom. The van der Waals surface area contributed by atoms with Gasteiger partial charge in [-0.3, -0.25) is 0 Å². The smallest absolute Gasteiger partial charge is 0.338 e. The summed E-state index contributed by atoms with van der Waals surface area (Å²) >= 11 is 0. The number of aliphatic hydroxyl groups is 1. The summed E-state index contributed by atoms with van der Waals surface area (Å²) in [6, 6.07) is 4.42. The fourth-order valence-electron chi connectivity index (χ4n) is 2.70. The molecule has 6 heteroatoms. The second-order valence-corrected chi connectivity index (χ2v) is 5.58. The highest BCUT2D eigenvalue weighted by molar-refractivity contribution is 5.93. The molecule has 1 aromatic carbocycles. The minimum Gasteiger partial charge on any atom is -0.465 e. The topological polar surface area (TPSA) is 87.7 Å². The van der Waals surface area contributed by atoms with E-state index in [1.165, 1.54) is 7.11 Å². The van der Waals surface area contributed by atoms with Gasteiger partial charge >= 0.3 is 12.0 Å². The van der Waals surface area contributed by atoms with Gasteiger partial charge < -0.3 is 20.5 Å². The van der Waals surface area contributed by atoms with E-state index in [4.69, 9.17) is 0 Å². The van der Waals surface area contributed by atoms with Gasteiger partial charge in [-0.1, -0.05) is 12.8 Å². The average Bonchev–Trinajstić information content (AvgIpc) is 2.49. The maximum atomic E-state index is 12.0. The van der Waals surface area contributed by atoms with Crippen LogP contribution in [0.1, 0.15) is 41.6 Å². The number of methoxy groups -OCH3 is 1. The number of anilines is 1. The molecule has 1 aliphatic carbocycles. The SMILES string of the molecule is COC(=O)c1ccc(NC(=O)N[C@@H]2CCCC[C@@H]2O)cc1C. The van der Waals surface area contributed by atoms with Crippen molar-refractivity contribution in [1.82, 2.24) is 5.32 Å². The third-order valence-corrected chi connectivity index (χ3v) is 3.94. The van der Waals surface area contributed by atoms with Crippen molar-refractivity contribution >= 4 is 17.7 Å². The molecule has 3 N–H and O–H groups in total. The summed E-state index contributed by atoms with van der Waals surface area (Å²) in [6.07, 6.45) is 3.03. The van der Waals surface area contributed by atoms with Gasteiger partial charge in [-0.05, 0) is 43.5 Å². The van der Waals surface area contributed by atoms with Crippen LogP contribution in [0.3, 0.4) is 0 Å². The molecule has 0 radical (unpaired) electrons. The summed E-state index contributed by atoms with van der Waals surface area (Å²) in [5, 5.41) is 15.4. The van der Waals surface area contributed by atoms with Crippen molar-refractivity contribution in [2.75, 3.05) is 12.4 Å². The molecule has 1 fully saturated rings. The van der Waals surface area contributed by atoms with E-state index < -0.39 is 12.1 Å². The lowest BCUT2D eigenvalue weighted by Crippen LogP contribution is -2.46. The summed E-state index contributed by atoms with van der Waals surface area (Å²) in [4.78, 5) is 23.5. The predicted molar refractivity (Wildman–Crippen MR) is 82.9 cm³/mol. The van der Waals surface area contributed by atoms with E-state index >= 15 is 0 Å². The molecule has 0 heterocycles. The molecule has 6 nitrogen and oxygen atoms in total. The maximum absolute atomic E-state index is 12.0. The van der Waals surface area contributed by atoms with Crippen LogP contribution in [0.15, 0.2) is 18.2 Å². The second kappa shape index (κ2) is 7.26. The zero-order valence-electron chi connectivity index (χ0n) is 12.9. The fourth-order valence-corrected chi connectivity index (χ4v) is 2.70. The van der Waals surface area contributed by atoms with Crippen LogP contribution in [-0.4, -0.2) is 36.4 Å². The summed E-state index contributed by atoms with van der Waals surface area (Å²) in [6.45, 7) is 1.78. The van der Waals surface area contributed by atoms with E-state index in [9.17, 15) is 14.7 Å². The molecular formula is C16H22N2O4. The van der Waals surface area contributed by atoms with Crippen molar-refractivity contribution in [3.05, 3.63) is 29.3 Å². The molecule has 0 saturated heterocycles. The molecule has 0 aromatic heterocycles. The lowest BCUT2D eigenvalue weighted by Gasteiger charge is -2.28. The Kier molecular flexibility index (Phi) is 5.38. The molecule has 1 aliphatic rings. The van der Waals surface area contributed by atoms with Gasteiger partial charge in [0.15, 0.2) is 0 Å². The van der Waals surface area contributed by atoms with Gasteiger partial charge in [0.25, 0.3) is 0 Å². The Morgan fingerprint density at radius 1 is 1.27 bits per heavy atom. The van der Waals surface area contributed by atoms with Gasteiger partial charge in [-0.2, -0.15) is 0 Å². The molecule has 120 valence electrons. The zero-order chi connectivity index (χ0) is 16.1. The van der Waals surface area contributed by atoms with Crippen molar-refractivity contribution in [1.29, 1.82) is 0 Å². The predicted octanol–water partition coefficient (Wildman–Crippen LogP) is 2.21. The molecule has 2 atom stereocenters. The third kappa shape index (κ3) is 3.98. The van der Waals surface area contributed by atoms with Gasteiger partial charge in [0.2, 0.25) is 0 Å². The number of carbonyl (C=O) groups excluding carboxylic acids is 2. The number of esters is 1. The molecular weight excluding hydrogens is 284 g/mol. The first-order valence-electron chi connectivity index (χ1n) is 7.46. The standard InChI is InChI=1S/C16H22N2O4/c1-10-9-11(7-8-12(10)15(20)22-2)17-16(21)18-13-5-3-4-6-14(13)19/h7-9,13-14,19H,3-6H2,1-2H3,(H2,17,18,21)/t13-,14+/m1/s1. The van der Waals surface area contributed by atoms with Crippen molar-refractivity contribution < 1.29 is 19.4 Å². The highest BCUT2D eigenvalue weighted by Gasteiger charge is 2.24. The number of amides is 2. The van der Waals surface area contributed by atoms with Crippen molar-refractivity contribution in [3.8, 4) is 0 Å². The summed E-state index contributed by atoms with van der Waals surface area (Å²) in [5.74, 6) is -0.404.